The van der Waals surface area contributed by atoms with E-state index in [9.17, 15) is 18.5 Å². The fourth-order valence-electron chi connectivity index (χ4n) is 2.32. The van der Waals surface area contributed by atoms with Crippen LogP contribution in [-0.4, -0.2) is 27.1 Å². The average Bonchev–Trinajstić information content (AvgIpc) is 2.66. The van der Waals surface area contributed by atoms with Crippen LogP contribution in [0.3, 0.4) is 0 Å². The minimum absolute atomic E-state index is 0.0186. The van der Waals surface area contributed by atoms with Gasteiger partial charge in [0.25, 0.3) is 5.69 Å². The highest BCUT2D eigenvalue weighted by molar-refractivity contribution is 7.94. The number of nitro benzene ring substituents is 1. The molecule has 0 aliphatic heterocycles. The molecule has 0 atom stereocenters. The molecule has 2 aromatic carbocycles. The van der Waals surface area contributed by atoms with E-state index in [1.54, 1.807) is 18.2 Å². The summed E-state index contributed by atoms with van der Waals surface area (Å²) < 4.78 is 35.8. The second kappa shape index (κ2) is 9.36. The van der Waals surface area contributed by atoms with Gasteiger partial charge in [0.05, 0.1) is 23.5 Å². The number of sulfone groups is 1. The monoisotopic (exact) mass is 405 g/mol. The number of ether oxygens (including phenoxy) is 2. The Kier molecular flexibility index (Phi) is 7.17. The SMILES string of the molecule is COc1cc(/C=C/S(=O)(=O)c2ccc([N+](=O)[O-])cc2)ccc1OCCC(C)C. The highest BCUT2D eigenvalue weighted by Gasteiger charge is 2.13. The third kappa shape index (κ3) is 5.82. The Hall–Kier alpha value is -2.87. The maximum absolute atomic E-state index is 12.4. The van der Waals surface area contributed by atoms with Crippen molar-refractivity contribution in [2.75, 3.05) is 13.7 Å². The lowest BCUT2D eigenvalue weighted by Crippen LogP contribution is -2.02. The maximum atomic E-state index is 12.4. The molecule has 0 fully saturated rings. The summed E-state index contributed by atoms with van der Waals surface area (Å²) in [6.45, 7) is 4.79. The van der Waals surface area contributed by atoms with E-state index in [4.69, 9.17) is 9.47 Å². The Labute approximate surface area is 164 Å². The largest absolute Gasteiger partial charge is 0.493 e. The highest BCUT2D eigenvalue weighted by Crippen LogP contribution is 2.29. The van der Waals surface area contributed by atoms with Crippen LogP contribution in [0.25, 0.3) is 6.08 Å². The summed E-state index contributed by atoms with van der Waals surface area (Å²) in [5.41, 5.74) is 0.458. The summed E-state index contributed by atoms with van der Waals surface area (Å²) in [6.07, 6.45) is 2.36. The molecular formula is C20H23NO6S. The molecule has 0 spiro atoms. The number of hydrogen-bond acceptors (Lipinski definition) is 6. The van der Waals surface area contributed by atoms with E-state index in [1.165, 1.54) is 25.3 Å². The third-order valence-corrected chi connectivity index (χ3v) is 5.38. The van der Waals surface area contributed by atoms with Gasteiger partial charge in [-0.25, -0.2) is 8.42 Å². The molecule has 0 aromatic heterocycles. The first-order valence-electron chi connectivity index (χ1n) is 8.71. The zero-order valence-corrected chi connectivity index (χ0v) is 16.8. The summed E-state index contributed by atoms with van der Waals surface area (Å²) >= 11 is 0. The van der Waals surface area contributed by atoms with Crippen molar-refractivity contribution in [1.82, 2.24) is 0 Å². The molecule has 0 aliphatic carbocycles. The summed E-state index contributed by atoms with van der Waals surface area (Å²) in [6, 6.07) is 9.90. The predicted octanol–water partition coefficient (Wildman–Crippen LogP) is 4.47. The Morgan fingerprint density at radius 3 is 2.36 bits per heavy atom. The number of benzene rings is 2. The van der Waals surface area contributed by atoms with Crippen LogP contribution in [0.1, 0.15) is 25.8 Å². The number of rotatable bonds is 9. The van der Waals surface area contributed by atoms with Gasteiger partial charge in [0.1, 0.15) is 0 Å². The van der Waals surface area contributed by atoms with Crippen LogP contribution in [0.15, 0.2) is 52.8 Å². The van der Waals surface area contributed by atoms with Gasteiger partial charge in [-0.15, -0.1) is 0 Å². The van der Waals surface area contributed by atoms with Crippen LogP contribution in [0.4, 0.5) is 5.69 Å². The zero-order chi connectivity index (χ0) is 20.7. The van der Waals surface area contributed by atoms with E-state index >= 15 is 0 Å². The summed E-state index contributed by atoms with van der Waals surface area (Å²) in [4.78, 5) is 10.1. The molecule has 28 heavy (non-hydrogen) atoms. The second-order valence-electron chi connectivity index (χ2n) is 6.54. The van der Waals surface area contributed by atoms with Gasteiger partial charge in [0.15, 0.2) is 21.3 Å². The number of hydrogen-bond donors (Lipinski definition) is 0. The Balaban J connectivity index is 2.16. The molecule has 0 aliphatic rings. The number of nitrogens with zero attached hydrogens (tertiary/aromatic N) is 1. The lowest BCUT2D eigenvalue weighted by molar-refractivity contribution is -0.384. The molecule has 0 saturated carbocycles. The average molecular weight is 405 g/mol. The van der Waals surface area contributed by atoms with Gasteiger partial charge in [-0.1, -0.05) is 19.9 Å². The smallest absolute Gasteiger partial charge is 0.269 e. The molecule has 0 bridgehead atoms. The van der Waals surface area contributed by atoms with Gasteiger partial charge in [-0.05, 0) is 48.2 Å². The fraction of sp³-hybridized carbons (Fsp3) is 0.300. The summed E-state index contributed by atoms with van der Waals surface area (Å²) in [5, 5.41) is 11.7. The topological polar surface area (TPSA) is 95.7 Å². The van der Waals surface area contributed by atoms with E-state index in [0.717, 1.165) is 24.0 Å². The molecule has 150 valence electrons. The van der Waals surface area contributed by atoms with Crippen molar-refractivity contribution in [2.24, 2.45) is 5.92 Å². The van der Waals surface area contributed by atoms with Crippen molar-refractivity contribution < 1.29 is 22.8 Å². The van der Waals surface area contributed by atoms with Crippen molar-refractivity contribution in [3.8, 4) is 11.5 Å². The number of methoxy groups -OCH3 is 1. The molecule has 8 heteroatoms. The van der Waals surface area contributed by atoms with E-state index in [-0.39, 0.29) is 10.6 Å². The van der Waals surface area contributed by atoms with Gasteiger partial charge in [0.2, 0.25) is 0 Å². The molecule has 0 N–H and O–H groups in total. The Morgan fingerprint density at radius 1 is 1.11 bits per heavy atom. The third-order valence-electron chi connectivity index (χ3n) is 3.96. The van der Waals surface area contributed by atoms with Crippen LogP contribution in [0.2, 0.25) is 0 Å². The maximum Gasteiger partial charge on any atom is 0.269 e. The van der Waals surface area contributed by atoms with Crippen LogP contribution in [-0.2, 0) is 9.84 Å². The van der Waals surface area contributed by atoms with Gasteiger partial charge >= 0.3 is 0 Å². The number of non-ortho nitro benzene ring substituents is 1. The van der Waals surface area contributed by atoms with Crippen molar-refractivity contribution >= 4 is 21.6 Å². The lowest BCUT2D eigenvalue weighted by Gasteiger charge is -2.12. The Bertz CT molecular complexity index is 949. The predicted molar refractivity (Wildman–Crippen MR) is 107 cm³/mol. The van der Waals surface area contributed by atoms with Gasteiger partial charge in [-0.2, -0.15) is 0 Å². The minimum atomic E-state index is -3.73. The summed E-state index contributed by atoms with van der Waals surface area (Å²) in [5.74, 6) is 1.63. The zero-order valence-electron chi connectivity index (χ0n) is 16.0. The lowest BCUT2D eigenvalue weighted by atomic mass is 10.1. The van der Waals surface area contributed by atoms with E-state index in [1.807, 2.05) is 0 Å². The van der Waals surface area contributed by atoms with Gasteiger partial charge < -0.3 is 9.47 Å². The summed E-state index contributed by atoms with van der Waals surface area (Å²) in [7, 11) is -2.21. The van der Waals surface area contributed by atoms with Gasteiger partial charge in [-0.3, -0.25) is 10.1 Å². The molecule has 2 aromatic rings. The minimum Gasteiger partial charge on any atom is -0.493 e. The van der Waals surface area contributed by atoms with E-state index in [0.29, 0.717) is 29.6 Å². The molecule has 0 amide bonds. The standard InChI is InChI=1S/C20H23NO6S/c1-15(2)10-12-27-19-9-4-16(14-20(19)26-3)11-13-28(24,25)18-7-5-17(6-8-18)21(22)23/h4-9,11,13-15H,10,12H2,1-3H3/b13-11+. The molecule has 0 heterocycles. The molecule has 0 saturated heterocycles. The van der Waals surface area contributed by atoms with Crippen molar-refractivity contribution in [2.45, 2.75) is 25.2 Å². The first-order valence-corrected chi connectivity index (χ1v) is 10.3. The molecule has 2 rings (SSSR count). The van der Waals surface area contributed by atoms with Crippen LogP contribution in [0, 0.1) is 16.0 Å². The second-order valence-corrected chi connectivity index (χ2v) is 8.37. The van der Waals surface area contributed by atoms with Crippen LogP contribution >= 0.6 is 0 Å². The Morgan fingerprint density at radius 2 is 1.79 bits per heavy atom. The van der Waals surface area contributed by atoms with E-state index < -0.39 is 14.8 Å². The normalized spacial score (nSPS) is 11.7. The first kappa shape index (κ1) is 21.4. The number of nitro groups is 1. The quantitative estimate of drug-likeness (QED) is 0.451. The van der Waals surface area contributed by atoms with Crippen molar-refractivity contribution in [3.05, 3.63) is 63.6 Å². The molecule has 0 unspecified atom stereocenters. The molecule has 7 nitrogen and oxygen atoms in total. The van der Waals surface area contributed by atoms with Crippen molar-refractivity contribution in [3.63, 3.8) is 0 Å². The van der Waals surface area contributed by atoms with Crippen molar-refractivity contribution in [1.29, 1.82) is 0 Å². The van der Waals surface area contributed by atoms with Crippen LogP contribution in [0.5, 0.6) is 11.5 Å². The fourth-order valence-corrected chi connectivity index (χ4v) is 3.32. The molecular weight excluding hydrogens is 382 g/mol. The van der Waals surface area contributed by atoms with Gasteiger partial charge in [0, 0.05) is 17.5 Å². The highest BCUT2D eigenvalue weighted by atomic mass is 32.2. The molecule has 0 radical (unpaired) electrons. The first-order chi connectivity index (χ1) is 13.2. The van der Waals surface area contributed by atoms with E-state index in [2.05, 4.69) is 13.8 Å². The van der Waals surface area contributed by atoms with Crippen LogP contribution < -0.4 is 9.47 Å².